The van der Waals surface area contributed by atoms with E-state index in [1.807, 2.05) is 6.07 Å². The third kappa shape index (κ3) is 5.45. The van der Waals surface area contributed by atoms with Crippen molar-refractivity contribution in [3.63, 3.8) is 0 Å². The number of likely N-dealkylation sites (N-methyl/N-ethyl adjacent to an activating group) is 1. The van der Waals surface area contributed by atoms with E-state index in [9.17, 15) is 9.59 Å². The van der Waals surface area contributed by atoms with E-state index in [1.165, 1.54) is 6.08 Å². The van der Waals surface area contributed by atoms with Gasteiger partial charge in [0.2, 0.25) is 12.5 Å². The topological polar surface area (TPSA) is 118 Å². The number of imidazole rings is 1. The number of aromatic nitrogens is 4. The molecule has 226 valence electrons. The third-order valence-corrected chi connectivity index (χ3v) is 9.26. The van der Waals surface area contributed by atoms with Crippen molar-refractivity contribution in [2.75, 3.05) is 62.7 Å². The van der Waals surface area contributed by atoms with Crippen molar-refractivity contribution in [2.24, 2.45) is 0 Å². The van der Waals surface area contributed by atoms with Crippen molar-refractivity contribution in [3.8, 4) is 6.01 Å². The number of hydrogen-bond donors (Lipinski definition) is 2. The number of nitrogens with one attached hydrogen (secondary N) is 2. The molecule has 2 saturated heterocycles. The van der Waals surface area contributed by atoms with Crippen LogP contribution in [0.5, 0.6) is 6.01 Å². The van der Waals surface area contributed by atoms with Gasteiger partial charge in [-0.15, -0.1) is 0 Å². The number of aromatic amines is 2. The lowest BCUT2D eigenvalue weighted by Gasteiger charge is -2.41. The minimum absolute atomic E-state index is 0.152. The molecule has 43 heavy (non-hydrogen) atoms. The maximum absolute atomic E-state index is 12.5. The van der Waals surface area contributed by atoms with Gasteiger partial charge in [-0.3, -0.25) is 4.79 Å². The highest BCUT2D eigenvalue weighted by Crippen LogP contribution is 2.36. The van der Waals surface area contributed by atoms with Gasteiger partial charge in [0.25, 0.3) is 0 Å². The summed E-state index contributed by atoms with van der Waals surface area (Å²) in [5.41, 5.74) is 6.55. The van der Waals surface area contributed by atoms with Gasteiger partial charge in [0, 0.05) is 37.8 Å². The number of carbonyl (C=O) groups is 1. The number of amides is 1. The first kappa shape index (κ1) is 28.7. The largest absolute Gasteiger partial charge is 0.462 e. The van der Waals surface area contributed by atoms with Gasteiger partial charge in [-0.2, -0.15) is 9.97 Å². The zero-order chi connectivity index (χ0) is 30.2. The quantitative estimate of drug-likeness (QED) is 0.321. The molecule has 5 heterocycles. The Morgan fingerprint density at radius 2 is 2.02 bits per heavy atom. The van der Waals surface area contributed by atoms with Crippen molar-refractivity contribution in [1.29, 1.82) is 0 Å². The van der Waals surface area contributed by atoms with Crippen molar-refractivity contribution >= 4 is 28.4 Å². The number of carbonyl (C=O) groups excluding carboxylic acids is 1. The van der Waals surface area contributed by atoms with Crippen molar-refractivity contribution in [3.05, 3.63) is 63.0 Å². The van der Waals surface area contributed by atoms with E-state index in [0.717, 1.165) is 70.9 Å². The number of anilines is 2. The predicted octanol–water partition coefficient (Wildman–Crippen LogP) is 2.42. The second-order valence-electron chi connectivity index (χ2n) is 11.9. The molecule has 1 aromatic carbocycles. The van der Waals surface area contributed by atoms with E-state index in [1.54, 1.807) is 4.90 Å². The summed E-state index contributed by atoms with van der Waals surface area (Å²) in [7, 11) is 2.12. The molecule has 12 heteroatoms. The van der Waals surface area contributed by atoms with E-state index in [0.29, 0.717) is 51.3 Å². The van der Waals surface area contributed by atoms with Gasteiger partial charge in [0.05, 0.1) is 29.0 Å². The highest BCUT2D eigenvalue weighted by molar-refractivity contribution is 5.92. The summed E-state index contributed by atoms with van der Waals surface area (Å²) in [5, 5.41) is 0. The molecule has 2 atom stereocenters. The zero-order valence-electron chi connectivity index (χ0n) is 25.1. The fourth-order valence-electron chi connectivity index (χ4n) is 6.77. The van der Waals surface area contributed by atoms with Crippen LogP contribution < -0.4 is 20.2 Å². The van der Waals surface area contributed by atoms with Crippen LogP contribution in [0.2, 0.25) is 0 Å². The summed E-state index contributed by atoms with van der Waals surface area (Å²) in [5.74, 6) is 0.669. The maximum atomic E-state index is 12.5. The number of likely N-dealkylation sites (tertiary alicyclic amines) is 1. The number of rotatable bonds is 7. The molecule has 3 aliphatic rings. The first-order valence-corrected chi connectivity index (χ1v) is 15.0. The number of ether oxygens (including phenoxy) is 1. The molecular formula is C31H39N9O3. The van der Waals surface area contributed by atoms with Crippen molar-refractivity contribution in [1.82, 2.24) is 29.7 Å². The number of aryl methyl sites for hydroxylation is 1. The SMILES string of the molecule is [C-]#[N+]C[C@H]1CN(c2nc(OC[C@@H]3CCCN3C)nc3c2CCN(c2c(C)c(C)cc4[nH]c(=O)[nH]c24)C3)CCN1C(=O)C=C. The van der Waals surface area contributed by atoms with E-state index in [2.05, 4.69) is 57.0 Å². The number of fused-ring (bicyclic) bond motifs is 2. The molecule has 3 aromatic rings. The van der Waals surface area contributed by atoms with Crippen LogP contribution in [-0.2, 0) is 17.8 Å². The van der Waals surface area contributed by atoms with Gasteiger partial charge in [-0.05, 0) is 70.0 Å². The van der Waals surface area contributed by atoms with E-state index >= 15 is 0 Å². The summed E-state index contributed by atoms with van der Waals surface area (Å²) in [6.07, 6.45) is 4.26. The number of H-pyrrole nitrogens is 2. The number of nitrogens with zero attached hydrogens (tertiary/aromatic N) is 7. The molecule has 0 bridgehead atoms. The van der Waals surface area contributed by atoms with Gasteiger partial charge >= 0.3 is 11.7 Å². The van der Waals surface area contributed by atoms with Crippen LogP contribution in [-0.4, -0.2) is 101 Å². The van der Waals surface area contributed by atoms with Crippen molar-refractivity contribution in [2.45, 2.75) is 51.7 Å². The predicted molar refractivity (Wildman–Crippen MR) is 166 cm³/mol. The Hall–Kier alpha value is -4.37. The number of piperazine rings is 1. The summed E-state index contributed by atoms with van der Waals surface area (Å²) in [6, 6.07) is 2.42. The monoisotopic (exact) mass is 585 g/mol. The molecule has 0 unspecified atom stereocenters. The summed E-state index contributed by atoms with van der Waals surface area (Å²) in [4.78, 5) is 52.8. The molecule has 0 saturated carbocycles. The lowest BCUT2D eigenvalue weighted by molar-refractivity contribution is -0.128. The molecular weight excluding hydrogens is 546 g/mol. The third-order valence-electron chi connectivity index (χ3n) is 9.26. The maximum Gasteiger partial charge on any atom is 0.323 e. The molecule has 0 radical (unpaired) electrons. The molecule has 12 nitrogen and oxygen atoms in total. The van der Waals surface area contributed by atoms with Crippen LogP contribution in [0.3, 0.4) is 0 Å². The molecule has 2 fully saturated rings. The van der Waals surface area contributed by atoms with Gasteiger partial charge in [-0.25, -0.2) is 11.4 Å². The zero-order valence-corrected chi connectivity index (χ0v) is 25.1. The molecule has 0 aliphatic carbocycles. The van der Waals surface area contributed by atoms with E-state index < -0.39 is 0 Å². The van der Waals surface area contributed by atoms with Crippen LogP contribution in [0.15, 0.2) is 23.5 Å². The van der Waals surface area contributed by atoms with Crippen LogP contribution >= 0.6 is 0 Å². The smallest absolute Gasteiger partial charge is 0.323 e. The normalized spacial score (nSPS) is 20.7. The van der Waals surface area contributed by atoms with E-state index in [-0.39, 0.29) is 24.2 Å². The Balaban J connectivity index is 1.36. The molecule has 1 amide bonds. The Morgan fingerprint density at radius 3 is 2.77 bits per heavy atom. The highest BCUT2D eigenvalue weighted by Gasteiger charge is 2.35. The van der Waals surface area contributed by atoms with Gasteiger partial charge in [0.15, 0.2) is 0 Å². The molecule has 0 spiro atoms. The summed E-state index contributed by atoms with van der Waals surface area (Å²) in [6.45, 7) is 19.9. The Morgan fingerprint density at radius 1 is 1.19 bits per heavy atom. The van der Waals surface area contributed by atoms with Crippen LogP contribution in [0.1, 0.15) is 35.2 Å². The lowest BCUT2D eigenvalue weighted by Crippen LogP contribution is -2.56. The molecule has 2 aromatic heterocycles. The Kier molecular flexibility index (Phi) is 7.83. The minimum atomic E-state index is -0.257. The fraction of sp³-hybridized carbons (Fsp3) is 0.516. The summed E-state index contributed by atoms with van der Waals surface area (Å²) >= 11 is 0. The molecule has 3 aliphatic heterocycles. The standard InChI is InChI=1S/C31H39N9O3/c1-6-26(41)40-13-12-39(16-22(40)15-32-4)29-23-9-11-38(28-20(3)19(2)14-24-27(28)35-30(42)33-24)17-25(23)34-31(36-29)43-18-21-8-7-10-37(21)5/h6,14,21-22H,1,7-13,15-18H2,2-3,5H3,(H2,33,35,42)/t21-,22-/m0/s1. The van der Waals surface area contributed by atoms with Crippen LogP contribution in [0, 0.1) is 20.4 Å². The first-order valence-electron chi connectivity index (χ1n) is 15.0. The van der Waals surface area contributed by atoms with Crippen LogP contribution in [0.4, 0.5) is 11.5 Å². The van der Waals surface area contributed by atoms with Gasteiger partial charge < -0.3 is 39.1 Å². The number of benzene rings is 1. The fourth-order valence-corrected chi connectivity index (χ4v) is 6.77. The van der Waals surface area contributed by atoms with Gasteiger partial charge in [0.1, 0.15) is 18.5 Å². The average molecular weight is 586 g/mol. The lowest BCUT2D eigenvalue weighted by atomic mass is 10.00. The Bertz CT molecular complexity index is 1650. The van der Waals surface area contributed by atoms with Gasteiger partial charge in [-0.1, -0.05) is 6.58 Å². The highest BCUT2D eigenvalue weighted by atomic mass is 16.5. The molecule has 2 N–H and O–H groups in total. The second kappa shape index (κ2) is 11.7. The second-order valence-corrected chi connectivity index (χ2v) is 11.9. The molecule has 6 rings (SSSR count). The number of hydrogen-bond acceptors (Lipinski definition) is 8. The first-order chi connectivity index (χ1) is 20.8. The van der Waals surface area contributed by atoms with Crippen molar-refractivity contribution < 1.29 is 9.53 Å². The van der Waals surface area contributed by atoms with Crippen LogP contribution in [0.25, 0.3) is 15.9 Å². The van der Waals surface area contributed by atoms with E-state index in [4.69, 9.17) is 21.3 Å². The Labute approximate surface area is 251 Å². The minimum Gasteiger partial charge on any atom is -0.462 e. The summed E-state index contributed by atoms with van der Waals surface area (Å²) < 4.78 is 6.28. The average Bonchev–Trinajstić information content (AvgIpc) is 3.59.